The number of nitrogens with zero attached hydrogens (tertiary/aromatic N) is 2. The number of hydrogen-bond acceptors (Lipinski definition) is 4. The zero-order valence-corrected chi connectivity index (χ0v) is 11.3. The molecule has 0 bridgehead atoms. The maximum absolute atomic E-state index is 11.4. The first kappa shape index (κ1) is 14.7. The average molecular weight is 254 g/mol. The minimum absolute atomic E-state index is 0.0423. The van der Waals surface area contributed by atoms with Crippen LogP contribution >= 0.6 is 0 Å². The van der Waals surface area contributed by atoms with Crippen molar-refractivity contribution in [3.05, 3.63) is 17.5 Å². The molecular weight excluding hydrogens is 232 g/mol. The summed E-state index contributed by atoms with van der Waals surface area (Å²) in [4.78, 5) is 11.4. The molecule has 6 nitrogen and oxygen atoms in total. The van der Waals surface area contributed by atoms with E-state index in [0.717, 1.165) is 17.9 Å². The van der Waals surface area contributed by atoms with Gasteiger partial charge in [0, 0.05) is 40.2 Å². The van der Waals surface area contributed by atoms with E-state index in [9.17, 15) is 4.79 Å². The fourth-order valence-corrected chi connectivity index (χ4v) is 1.63. The first-order valence-electron chi connectivity index (χ1n) is 6.09. The predicted octanol–water partition coefficient (Wildman–Crippen LogP) is -0.0292. The fourth-order valence-electron chi connectivity index (χ4n) is 1.63. The SMILES string of the molecule is COCCNC(=O)CCNCc1cc(C)nn1C. The van der Waals surface area contributed by atoms with Gasteiger partial charge in [0.15, 0.2) is 0 Å². The summed E-state index contributed by atoms with van der Waals surface area (Å²) in [6.07, 6.45) is 0.473. The third-order valence-electron chi connectivity index (χ3n) is 2.56. The van der Waals surface area contributed by atoms with Crippen LogP contribution < -0.4 is 10.6 Å². The first-order valence-corrected chi connectivity index (χ1v) is 6.09. The number of carbonyl (C=O) groups is 1. The fraction of sp³-hybridized carbons (Fsp3) is 0.667. The lowest BCUT2D eigenvalue weighted by Gasteiger charge is -2.06. The Kier molecular flexibility index (Phi) is 6.38. The van der Waals surface area contributed by atoms with Crippen LogP contribution in [0.1, 0.15) is 17.8 Å². The highest BCUT2D eigenvalue weighted by Gasteiger charge is 2.03. The Balaban J connectivity index is 2.11. The van der Waals surface area contributed by atoms with Gasteiger partial charge in [0.2, 0.25) is 5.91 Å². The van der Waals surface area contributed by atoms with Gasteiger partial charge in [-0.15, -0.1) is 0 Å². The van der Waals surface area contributed by atoms with E-state index >= 15 is 0 Å². The van der Waals surface area contributed by atoms with Gasteiger partial charge in [0.05, 0.1) is 18.0 Å². The predicted molar refractivity (Wildman–Crippen MR) is 69.2 cm³/mol. The molecule has 0 spiro atoms. The number of hydrogen-bond donors (Lipinski definition) is 2. The second-order valence-electron chi connectivity index (χ2n) is 4.17. The van der Waals surface area contributed by atoms with E-state index < -0.39 is 0 Å². The van der Waals surface area contributed by atoms with Crippen molar-refractivity contribution in [3.63, 3.8) is 0 Å². The van der Waals surface area contributed by atoms with Crippen molar-refractivity contribution in [2.24, 2.45) is 7.05 Å². The number of aromatic nitrogens is 2. The second-order valence-corrected chi connectivity index (χ2v) is 4.17. The van der Waals surface area contributed by atoms with Crippen molar-refractivity contribution in [1.82, 2.24) is 20.4 Å². The first-order chi connectivity index (χ1) is 8.63. The number of rotatable bonds is 8. The molecule has 1 aromatic heterocycles. The van der Waals surface area contributed by atoms with E-state index in [1.165, 1.54) is 0 Å². The zero-order chi connectivity index (χ0) is 13.4. The van der Waals surface area contributed by atoms with Crippen LogP contribution in [0.25, 0.3) is 0 Å². The van der Waals surface area contributed by atoms with Gasteiger partial charge in [-0.2, -0.15) is 5.10 Å². The molecule has 1 heterocycles. The topological polar surface area (TPSA) is 68.2 Å². The lowest BCUT2D eigenvalue weighted by atomic mass is 10.3. The molecular formula is C12H22N4O2. The Morgan fingerprint density at radius 1 is 1.50 bits per heavy atom. The normalized spacial score (nSPS) is 10.6. The minimum Gasteiger partial charge on any atom is -0.383 e. The Hall–Kier alpha value is -1.40. The summed E-state index contributed by atoms with van der Waals surface area (Å²) in [5.74, 6) is 0.0423. The number of ether oxygens (including phenoxy) is 1. The molecule has 0 radical (unpaired) electrons. The molecule has 18 heavy (non-hydrogen) atoms. The van der Waals surface area contributed by atoms with Crippen molar-refractivity contribution >= 4 is 5.91 Å². The average Bonchev–Trinajstić information content (AvgIpc) is 2.64. The van der Waals surface area contributed by atoms with E-state index in [2.05, 4.69) is 15.7 Å². The molecule has 6 heteroatoms. The van der Waals surface area contributed by atoms with E-state index in [0.29, 0.717) is 26.1 Å². The van der Waals surface area contributed by atoms with Gasteiger partial charge >= 0.3 is 0 Å². The van der Waals surface area contributed by atoms with Crippen molar-refractivity contribution in [2.45, 2.75) is 19.9 Å². The molecule has 1 rings (SSSR count). The Morgan fingerprint density at radius 3 is 2.89 bits per heavy atom. The van der Waals surface area contributed by atoms with Gasteiger partial charge < -0.3 is 15.4 Å². The van der Waals surface area contributed by atoms with Crippen LogP contribution in [-0.2, 0) is 23.1 Å². The van der Waals surface area contributed by atoms with E-state index in [-0.39, 0.29) is 5.91 Å². The van der Waals surface area contributed by atoms with E-state index in [1.807, 2.05) is 24.7 Å². The van der Waals surface area contributed by atoms with Crippen LogP contribution in [0.15, 0.2) is 6.07 Å². The van der Waals surface area contributed by atoms with Crippen LogP contribution in [0.5, 0.6) is 0 Å². The van der Waals surface area contributed by atoms with Crippen molar-refractivity contribution in [3.8, 4) is 0 Å². The van der Waals surface area contributed by atoms with Crippen LogP contribution in [0, 0.1) is 6.92 Å². The third kappa shape index (κ3) is 5.29. The molecule has 0 atom stereocenters. The third-order valence-corrected chi connectivity index (χ3v) is 2.56. The van der Waals surface area contributed by atoms with Crippen molar-refractivity contribution < 1.29 is 9.53 Å². The van der Waals surface area contributed by atoms with Gasteiger partial charge in [0.25, 0.3) is 0 Å². The highest BCUT2D eigenvalue weighted by atomic mass is 16.5. The maximum Gasteiger partial charge on any atom is 0.221 e. The maximum atomic E-state index is 11.4. The van der Waals surface area contributed by atoms with Crippen LogP contribution in [0.2, 0.25) is 0 Å². The van der Waals surface area contributed by atoms with Gasteiger partial charge in [-0.05, 0) is 13.0 Å². The summed E-state index contributed by atoms with van der Waals surface area (Å²) in [5, 5.41) is 10.3. The second kappa shape index (κ2) is 7.84. The molecule has 0 aromatic carbocycles. The highest BCUT2D eigenvalue weighted by Crippen LogP contribution is 2.00. The minimum atomic E-state index is 0.0423. The summed E-state index contributed by atoms with van der Waals surface area (Å²) in [5.41, 5.74) is 2.12. The summed E-state index contributed by atoms with van der Waals surface area (Å²) in [6, 6.07) is 2.03. The monoisotopic (exact) mass is 254 g/mol. The van der Waals surface area contributed by atoms with Crippen LogP contribution in [0.4, 0.5) is 0 Å². The lowest BCUT2D eigenvalue weighted by Crippen LogP contribution is -2.30. The van der Waals surface area contributed by atoms with Gasteiger partial charge in [-0.3, -0.25) is 9.48 Å². The molecule has 0 unspecified atom stereocenters. The summed E-state index contributed by atoms with van der Waals surface area (Å²) in [7, 11) is 3.53. The van der Waals surface area contributed by atoms with E-state index in [4.69, 9.17) is 4.74 Å². The van der Waals surface area contributed by atoms with Crippen molar-refractivity contribution in [2.75, 3.05) is 26.8 Å². The molecule has 0 saturated heterocycles. The molecule has 0 aliphatic rings. The summed E-state index contributed by atoms with van der Waals surface area (Å²) < 4.78 is 6.70. The van der Waals surface area contributed by atoms with Crippen LogP contribution in [-0.4, -0.2) is 42.5 Å². The molecule has 0 aliphatic carbocycles. The Bertz CT molecular complexity index is 376. The Morgan fingerprint density at radius 2 is 2.28 bits per heavy atom. The Labute approximate surface area is 108 Å². The van der Waals surface area contributed by atoms with Gasteiger partial charge in [-0.1, -0.05) is 0 Å². The quantitative estimate of drug-likeness (QED) is 0.639. The van der Waals surface area contributed by atoms with Crippen molar-refractivity contribution in [1.29, 1.82) is 0 Å². The summed E-state index contributed by atoms with van der Waals surface area (Å²) in [6.45, 7) is 4.46. The lowest BCUT2D eigenvalue weighted by molar-refractivity contribution is -0.121. The number of aryl methyl sites for hydroxylation is 2. The zero-order valence-electron chi connectivity index (χ0n) is 11.3. The van der Waals surface area contributed by atoms with E-state index in [1.54, 1.807) is 7.11 Å². The molecule has 102 valence electrons. The summed E-state index contributed by atoms with van der Waals surface area (Å²) >= 11 is 0. The van der Waals surface area contributed by atoms with Crippen LogP contribution in [0.3, 0.4) is 0 Å². The molecule has 0 saturated carbocycles. The number of carbonyl (C=O) groups excluding carboxylic acids is 1. The highest BCUT2D eigenvalue weighted by molar-refractivity contribution is 5.75. The molecule has 1 aromatic rings. The number of nitrogens with one attached hydrogen (secondary N) is 2. The molecule has 0 aliphatic heterocycles. The standard InChI is InChI=1S/C12H22N4O2/c1-10-8-11(16(2)15-10)9-13-5-4-12(17)14-6-7-18-3/h8,13H,4-7,9H2,1-3H3,(H,14,17). The number of amides is 1. The largest absolute Gasteiger partial charge is 0.383 e. The molecule has 1 amide bonds. The molecule has 0 fully saturated rings. The van der Waals surface area contributed by atoms with Gasteiger partial charge in [-0.25, -0.2) is 0 Å². The number of methoxy groups -OCH3 is 1. The van der Waals surface area contributed by atoms with Gasteiger partial charge in [0.1, 0.15) is 0 Å². The smallest absolute Gasteiger partial charge is 0.221 e. The molecule has 2 N–H and O–H groups in total.